The Morgan fingerprint density at radius 3 is 2.45 bits per heavy atom. The lowest BCUT2D eigenvalue weighted by Gasteiger charge is -2.32. The zero-order valence-corrected chi connectivity index (χ0v) is 24.3. The Labute approximate surface area is 235 Å². The molecular weight excluding hydrogens is 507 g/mol. The molecule has 2 aliphatic carbocycles. The summed E-state index contributed by atoms with van der Waals surface area (Å²) in [6, 6.07) is 9.87. The maximum absolute atomic E-state index is 13.9. The summed E-state index contributed by atoms with van der Waals surface area (Å²) in [5.41, 5.74) is 3.70. The Kier molecular flexibility index (Phi) is 5.31. The molecule has 0 radical (unpaired) electrons. The Morgan fingerprint density at radius 1 is 1.07 bits per heavy atom. The maximum Gasteiger partial charge on any atom is 0.494 e. The van der Waals surface area contributed by atoms with Gasteiger partial charge in [0.05, 0.1) is 41.0 Å². The van der Waals surface area contributed by atoms with Crippen LogP contribution in [0.2, 0.25) is 0 Å². The number of ether oxygens (including phenoxy) is 1. The van der Waals surface area contributed by atoms with Crippen LogP contribution in [0.5, 0.6) is 0 Å². The van der Waals surface area contributed by atoms with Crippen molar-refractivity contribution in [2.75, 3.05) is 17.7 Å². The largest absolute Gasteiger partial charge is 0.494 e. The average molecular weight is 545 g/mol. The van der Waals surface area contributed by atoms with E-state index in [1.165, 1.54) is 12.8 Å². The van der Waals surface area contributed by atoms with Gasteiger partial charge in [-0.25, -0.2) is 9.59 Å². The number of benzene rings is 2. The lowest BCUT2D eigenvalue weighted by atomic mass is 9.78. The number of fused-ring (bicyclic) bond motifs is 4. The van der Waals surface area contributed by atoms with E-state index in [0.29, 0.717) is 5.92 Å². The van der Waals surface area contributed by atoms with Crippen LogP contribution in [-0.2, 0) is 18.8 Å². The van der Waals surface area contributed by atoms with Gasteiger partial charge in [0.15, 0.2) is 17.9 Å². The van der Waals surface area contributed by atoms with Crippen molar-refractivity contribution >= 4 is 52.4 Å². The van der Waals surface area contributed by atoms with Crippen molar-refractivity contribution in [1.82, 2.24) is 5.32 Å². The molecule has 0 bridgehead atoms. The van der Waals surface area contributed by atoms with Gasteiger partial charge in [-0.3, -0.25) is 0 Å². The van der Waals surface area contributed by atoms with Crippen LogP contribution < -0.4 is 21.4 Å². The highest BCUT2D eigenvalue weighted by Gasteiger charge is 2.88. The molecule has 40 heavy (non-hydrogen) atoms. The number of carbonyl (C=O) groups excluding carboxylic acids is 2. The molecule has 2 saturated carbocycles. The highest BCUT2D eigenvalue weighted by Crippen LogP contribution is 2.77. The quantitative estimate of drug-likeness (QED) is 0.391. The first-order chi connectivity index (χ1) is 18.9. The Balaban J connectivity index is 1.15. The lowest BCUT2D eigenvalue weighted by molar-refractivity contribution is -0.485. The number of alkyl carbamates (subject to hydrolysis) is 1. The van der Waals surface area contributed by atoms with E-state index >= 15 is 0 Å². The SMILES string of the molecule is COC(=O)NC(C(=O)[N+]1=C2C3CC23CC1C1Nc2ccc3cc(B4OC(C)(C)C(C)(C)O4)ccc3c2N1)C(C)C. The normalized spacial score (nSPS) is 30.8. The van der Waals surface area contributed by atoms with Gasteiger partial charge in [0.25, 0.3) is 0 Å². The van der Waals surface area contributed by atoms with E-state index < -0.39 is 30.5 Å². The number of amides is 2. The standard InChI is InChI=1S/C30H37BN4O5/c1-15(2)22(34-27(37)38-7)26(36)35-21(14-30-13-19(30)24(30)35)25-32-20-11-8-16-12-17(9-10-18(16)23(20)33-25)31-39-28(3,4)29(5,6)40-31/h8-12,15,19,21-22,25,32-33H,13-14H2,1-7H3/p+1. The highest BCUT2D eigenvalue weighted by atomic mass is 16.7. The van der Waals surface area contributed by atoms with Crippen molar-refractivity contribution in [2.45, 2.75) is 83.8 Å². The zero-order valence-electron chi connectivity index (χ0n) is 24.3. The van der Waals surface area contributed by atoms with E-state index in [1.807, 2.05) is 18.4 Å². The molecule has 10 heteroatoms. The van der Waals surface area contributed by atoms with E-state index in [4.69, 9.17) is 14.0 Å². The number of rotatable bonds is 5. The molecule has 210 valence electrons. The predicted octanol–water partition coefficient (Wildman–Crippen LogP) is 3.46. The zero-order chi connectivity index (χ0) is 28.4. The Bertz CT molecular complexity index is 1490. The van der Waals surface area contributed by atoms with Crippen molar-refractivity contribution < 1.29 is 28.2 Å². The first-order valence-corrected chi connectivity index (χ1v) is 14.4. The van der Waals surface area contributed by atoms with E-state index in [-0.39, 0.29) is 29.4 Å². The summed E-state index contributed by atoms with van der Waals surface area (Å²) < 4.78 is 19.4. The Hall–Kier alpha value is -3.11. The topological polar surface area (TPSA) is 101 Å². The number of hydrogen-bond acceptors (Lipinski definition) is 7. The third-order valence-electron chi connectivity index (χ3n) is 10.2. The molecule has 5 aliphatic rings. The molecule has 1 saturated heterocycles. The van der Waals surface area contributed by atoms with Crippen LogP contribution in [0.4, 0.5) is 16.2 Å². The number of methoxy groups -OCH3 is 1. The molecule has 5 atom stereocenters. The van der Waals surface area contributed by atoms with Crippen molar-refractivity contribution in [3.05, 3.63) is 30.3 Å². The molecule has 3 N–H and O–H groups in total. The van der Waals surface area contributed by atoms with Crippen molar-refractivity contribution in [1.29, 1.82) is 0 Å². The second-order valence-corrected chi connectivity index (χ2v) is 13.5. The second-order valence-electron chi connectivity index (χ2n) is 13.5. The summed E-state index contributed by atoms with van der Waals surface area (Å²) in [4.78, 5) is 25.9. The molecular formula is C30H38BN4O5+. The number of nitrogens with one attached hydrogen (secondary N) is 3. The Morgan fingerprint density at radius 2 is 1.80 bits per heavy atom. The van der Waals surface area contributed by atoms with E-state index in [9.17, 15) is 9.59 Å². The third-order valence-corrected chi connectivity index (χ3v) is 10.2. The number of nitrogens with zero attached hydrogens (tertiary/aromatic N) is 1. The van der Waals surface area contributed by atoms with Gasteiger partial charge in [-0.1, -0.05) is 38.1 Å². The first kappa shape index (κ1) is 25.8. The molecule has 7 rings (SSSR count). The summed E-state index contributed by atoms with van der Waals surface area (Å²) >= 11 is 0. The van der Waals surface area contributed by atoms with E-state index in [0.717, 1.165) is 40.5 Å². The molecule has 2 aromatic carbocycles. The van der Waals surface area contributed by atoms with Crippen LogP contribution >= 0.6 is 0 Å². The molecule has 3 aliphatic heterocycles. The van der Waals surface area contributed by atoms with Gasteiger partial charge in [-0.05, 0) is 56.9 Å². The molecule has 1 spiro atoms. The third kappa shape index (κ3) is 3.58. The monoisotopic (exact) mass is 545 g/mol. The minimum Gasteiger partial charge on any atom is -0.453 e. The minimum absolute atomic E-state index is 0.0478. The maximum atomic E-state index is 13.9. The van der Waals surface area contributed by atoms with Gasteiger partial charge >= 0.3 is 19.1 Å². The second kappa shape index (κ2) is 8.23. The van der Waals surface area contributed by atoms with Crippen LogP contribution in [0, 0.1) is 17.3 Å². The van der Waals surface area contributed by atoms with Crippen LogP contribution in [0.3, 0.4) is 0 Å². The van der Waals surface area contributed by atoms with Crippen molar-refractivity contribution in [2.24, 2.45) is 17.3 Å². The molecule has 2 amide bonds. The number of carbonyl (C=O) groups is 2. The fourth-order valence-corrected chi connectivity index (χ4v) is 6.93. The van der Waals surface area contributed by atoms with Crippen LogP contribution in [0.25, 0.3) is 10.8 Å². The highest BCUT2D eigenvalue weighted by molar-refractivity contribution is 6.62. The van der Waals surface area contributed by atoms with Crippen LogP contribution in [0.15, 0.2) is 30.3 Å². The summed E-state index contributed by atoms with van der Waals surface area (Å²) in [5.74, 6) is 0.404. The molecule has 9 nitrogen and oxygen atoms in total. The fraction of sp³-hybridized carbons (Fsp3) is 0.567. The summed E-state index contributed by atoms with van der Waals surface area (Å²) in [6.45, 7) is 12.2. The molecule has 3 heterocycles. The number of hydrogen-bond donors (Lipinski definition) is 3. The van der Waals surface area contributed by atoms with Gasteiger partial charge in [-0.15, -0.1) is 0 Å². The van der Waals surface area contributed by atoms with E-state index in [2.05, 4.69) is 74.0 Å². The summed E-state index contributed by atoms with van der Waals surface area (Å²) in [5, 5.41) is 12.4. The molecule has 3 fully saturated rings. The number of anilines is 2. The van der Waals surface area contributed by atoms with Gasteiger partial charge < -0.3 is 30.0 Å². The summed E-state index contributed by atoms with van der Waals surface area (Å²) in [7, 11) is 0.906. The molecule has 0 aromatic heterocycles. The predicted molar refractivity (Wildman–Crippen MR) is 154 cm³/mol. The molecule has 2 aromatic rings. The van der Waals surface area contributed by atoms with E-state index in [1.54, 1.807) is 0 Å². The van der Waals surface area contributed by atoms with Gasteiger partial charge in [0.1, 0.15) is 0 Å². The lowest BCUT2D eigenvalue weighted by Crippen LogP contribution is -2.54. The average Bonchev–Trinajstić information content (AvgIpc) is 3.59. The van der Waals surface area contributed by atoms with Crippen molar-refractivity contribution in [3.63, 3.8) is 0 Å². The van der Waals surface area contributed by atoms with Crippen molar-refractivity contribution in [3.8, 4) is 0 Å². The van der Waals surface area contributed by atoms with Gasteiger partial charge in [0, 0.05) is 11.8 Å². The molecule has 5 unspecified atom stereocenters. The van der Waals surface area contributed by atoms with Crippen LogP contribution in [-0.4, -0.2) is 66.0 Å². The summed E-state index contributed by atoms with van der Waals surface area (Å²) in [6.07, 6.45) is 1.38. The minimum atomic E-state index is -0.643. The van der Waals surface area contributed by atoms with Gasteiger partial charge in [0.2, 0.25) is 6.04 Å². The van der Waals surface area contributed by atoms with Crippen LogP contribution in [0.1, 0.15) is 54.4 Å². The van der Waals surface area contributed by atoms with Gasteiger partial charge in [-0.2, -0.15) is 4.58 Å². The first-order valence-electron chi connectivity index (χ1n) is 14.4. The smallest absolute Gasteiger partial charge is 0.453 e. The fourth-order valence-electron chi connectivity index (χ4n) is 6.93.